The average Bonchev–Trinajstić information content (AvgIpc) is 1.82. The van der Waals surface area contributed by atoms with Gasteiger partial charge in [-0.3, -0.25) is 0 Å². The van der Waals surface area contributed by atoms with E-state index in [9.17, 15) is 17.6 Å². The summed E-state index contributed by atoms with van der Waals surface area (Å²) in [5.41, 5.74) is 0. The Morgan fingerprint density at radius 2 is 1.62 bits per heavy atom. The molecule has 0 aliphatic carbocycles. The molecular formula is C8H14F4O. The van der Waals surface area contributed by atoms with Crippen molar-refractivity contribution in [2.45, 2.75) is 39.2 Å². The van der Waals surface area contributed by atoms with Crippen molar-refractivity contribution in [2.24, 2.45) is 5.92 Å². The molecule has 0 heterocycles. The molecule has 1 unspecified atom stereocenters. The molecule has 0 saturated heterocycles. The van der Waals surface area contributed by atoms with Crippen molar-refractivity contribution in [1.29, 1.82) is 0 Å². The summed E-state index contributed by atoms with van der Waals surface area (Å²) >= 11 is 0. The number of halogens is 4. The molecule has 0 aromatic rings. The van der Waals surface area contributed by atoms with Gasteiger partial charge in [0.1, 0.15) is 0 Å². The highest BCUT2D eigenvalue weighted by Crippen LogP contribution is 2.34. The minimum Gasteiger partial charge on any atom is -0.339 e. The second-order valence-corrected chi connectivity index (χ2v) is 3.45. The van der Waals surface area contributed by atoms with Gasteiger partial charge in [0.05, 0.1) is 6.61 Å². The van der Waals surface area contributed by atoms with Crippen molar-refractivity contribution in [1.82, 2.24) is 0 Å². The molecule has 0 amide bonds. The number of ether oxygens (including phenoxy) is 1. The van der Waals surface area contributed by atoms with Crippen LogP contribution in [0.3, 0.4) is 0 Å². The van der Waals surface area contributed by atoms with E-state index in [0.29, 0.717) is 13.3 Å². The summed E-state index contributed by atoms with van der Waals surface area (Å²) in [4.78, 5) is 0. The van der Waals surface area contributed by atoms with Crippen molar-refractivity contribution in [3.63, 3.8) is 0 Å². The third kappa shape index (κ3) is 4.45. The maximum absolute atomic E-state index is 12.7. The van der Waals surface area contributed by atoms with E-state index in [-0.39, 0.29) is 12.5 Å². The summed E-state index contributed by atoms with van der Waals surface area (Å²) in [6.45, 7) is 3.82. The molecule has 1 nitrogen and oxygen atoms in total. The fourth-order valence-corrected chi connectivity index (χ4v) is 0.568. The van der Waals surface area contributed by atoms with E-state index >= 15 is 0 Å². The Labute approximate surface area is 75.1 Å². The zero-order chi connectivity index (χ0) is 10.7. The van der Waals surface area contributed by atoms with Crippen LogP contribution in [-0.4, -0.2) is 18.6 Å². The lowest BCUT2D eigenvalue weighted by atomic mass is 10.1. The molecule has 5 heteroatoms. The maximum Gasteiger partial charge on any atom is 0.448 e. The SMILES string of the molecule is CC(C)CCOC(C)(F)C(F)(F)F. The fourth-order valence-electron chi connectivity index (χ4n) is 0.568. The molecule has 0 aliphatic heterocycles. The average molecular weight is 202 g/mol. The monoisotopic (exact) mass is 202 g/mol. The highest BCUT2D eigenvalue weighted by molar-refractivity contribution is 4.71. The predicted octanol–water partition coefficient (Wildman–Crippen LogP) is 3.30. The minimum absolute atomic E-state index is 0.198. The van der Waals surface area contributed by atoms with Crippen molar-refractivity contribution in [2.75, 3.05) is 6.61 Å². The van der Waals surface area contributed by atoms with Crippen LogP contribution in [0.5, 0.6) is 0 Å². The molecule has 0 bridgehead atoms. The van der Waals surface area contributed by atoms with Gasteiger partial charge in [0, 0.05) is 6.92 Å². The van der Waals surface area contributed by atoms with Gasteiger partial charge in [-0.2, -0.15) is 13.2 Å². The van der Waals surface area contributed by atoms with E-state index in [1.165, 1.54) is 0 Å². The number of hydrogen-bond acceptors (Lipinski definition) is 1. The molecule has 1 atom stereocenters. The van der Waals surface area contributed by atoms with Crippen LogP contribution in [0.2, 0.25) is 0 Å². The fraction of sp³-hybridized carbons (Fsp3) is 1.00. The van der Waals surface area contributed by atoms with Crippen LogP contribution in [0, 0.1) is 5.92 Å². The van der Waals surface area contributed by atoms with Gasteiger partial charge in [-0.1, -0.05) is 13.8 Å². The lowest BCUT2D eigenvalue weighted by molar-refractivity contribution is -0.324. The number of hydrogen-bond donors (Lipinski definition) is 0. The van der Waals surface area contributed by atoms with E-state index in [2.05, 4.69) is 4.74 Å². The van der Waals surface area contributed by atoms with Gasteiger partial charge in [-0.25, -0.2) is 4.39 Å². The zero-order valence-corrected chi connectivity index (χ0v) is 7.91. The third-order valence-electron chi connectivity index (χ3n) is 1.57. The van der Waals surface area contributed by atoms with Crippen molar-refractivity contribution < 1.29 is 22.3 Å². The molecule has 0 aromatic carbocycles. The Balaban J connectivity index is 3.90. The van der Waals surface area contributed by atoms with Gasteiger partial charge in [0.15, 0.2) is 0 Å². The lowest BCUT2D eigenvalue weighted by Crippen LogP contribution is -2.40. The second-order valence-electron chi connectivity index (χ2n) is 3.45. The van der Waals surface area contributed by atoms with Crippen LogP contribution in [0.15, 0.2) is 0 Å². The van der Waals surface area contributed by atoms with Crippen LogP contribution in [0.4, 0.5) is 17.6 Å². The molecule has 0 radical (unpaired) electrons. The molecule has 80 valence electrons. The molecule has 13 heavy (non-hydrogen) atoms. The number of rotatable bonds is 4. The summed E-state index contributed by atoms with van der Waals surface area (Å²) in [5, 5.41) is 0. The Morgan fingerprint density at radius 3 is 1.92 bits per heavy atom. The molecular weight excluding hydrogens is 188 g/mol. The van der Waals surface area contributed by atoms with Crippen LogP contribution >= 0.6 is 0 Å². The van der Waals surface area contributed by atoms with E-state index in [4.69, 9.17) is 0 Å². The van der Waals surface area contributed by atoms with Crippen LogP contribution in [0.1, 0.15) is 27.2 Å². The van der Waals surface area contributed by atoms with E-state index in [1.54, 1.807) is 0 Å². The largest absolute Gasteiger partial charge is 0.448 e. The zero-order valence-electron chi connectivity index (χ0n) is 7.91. The molecule has 0 saturated carbocycles. The van der Waals surface area contributed by atoms with Gasteiger partial charge in [0.2, 0.25) is 0 Å². The van der Waals surface area contributed by atoms with Crippen LogP contribution < -0.4 is 0 Å². The third-order valence-corrected chi connectivity index (χ3v) is 1.57. The van der Waals surface area contributed by atoms with Gasteiger partial charge < -0.3 is 4.74 Å². The second kappa shape index (κ2) is 4.26. The minimum atomic E-state index is -4.95. The van der Waals surface area contributed by atoms with Crippen molar-refractivity contribution in [3.05, 3.63) is 0 Å². The lowest BCUT2D eigenvalue weighted by Gasteiger charge is -2.23. The van der Waals surface area contributed by atoms with E-state index in [0.717, 1.165) is 0 Å². The predicted molar refractivity (Wildman–Crippen MR) is 41.0 cm³/mol. The summed E-state index contributed by atoms with van der Waals surface area (Å²) in [6, 6.07) is 0. The maximum atomic E-state index is 12.7. The smallest absolute Gasteiger partial charge is 0.339 e. The summed E-state index contributed by atoms with van der Waals surface area (Å²) in [7, 11) is 0. The van der Waals surface area contributed by atoms with Gasteiger partial charge >= 0.3 is 12.0 Å². The standard InChI is InChI=1S/C8H14F4O/c1-6(2)4-5-13-7(3,9)8(10,11)12/h6H,4-5H2,1-3H3. The van der Waals surface area contributed by atoms with Crippen molar-refractivity contribution >= 4 is 0 Å². The Bertz CT molecular complexity index is 151. The van der Waals surface area contributed by atoms with Gasteiger partial charge in [-0.05, 0) is 12.3 Å². The number of alkyl halides is 4. The molecule has 0 aliphatic rings. The quantitative estimate of drug-likeness (QED) is 0.635. The molecule has 0 spiro atoms. The summed E-state index contributed by atoms with van der Waals surface area (Å²) in [5.74, 6) is -3.33. The van der Waals surface area contributed by atoms with E-state index in [1.807, 2.05) is 13.8 Å². The highest BCUT2D eigenvalue weighted by Gasteiger charge is 2.53. The topological polar surface area (TPSA) is 9.23 Å². The molecule has 0 aromatic heterocycles. The first kappa shape index (κ1) is 12.7. The Morgan fingerprint density at radius 1 is 1.15 bits per heavy atom. The molecule has 0 rings (SSSR count). The summed E-state index contributed by atoms with van der Waals surface area (Å²) < 4.78 is 52.4. The van der Waals surface area contributed by atoms with Gasteiger partial charge in [-0.15, -0.1) is 0 Å². The van der Waals surface area contributed by atoms with Gasteiger partial charge in [0.25, 0.3) is 0 Å². The highest BCUT2D eigenvalue weighted by atomic mass is 19.4. The molecule has 0 fully saturated rings. The Kier molecular flexibility index (Phi) is 4.16. The van der Waals surface area contributed by atoms with Crippen LogP contribution in [-0.2, 0) is 4.74 Å². The summed E-state index contributed by atoms with van der Waals surface area (Å²) in [6.07, 6.45) is -4.54. The first-order valence-electron chi connectivity index (χ1n) is 4.06. The first-order chi connectivity index (χ1) is 5.67. The molecule has 0 N–H and O–H groups in total. The normalized spacial score (nSPS) is 17.5. The Hall–Kier alpha value is -0.320. The van der Waals surface area contributed by atoms with Crippen LogP contribution in [0.25, 0.3) is 0 Å². The van der Waals surface area contributed by atoms with Crippen molar-refractivity contribution in [3.8, 4) is 0 Å². The first-order valence-corrected chi connectivity index (χ1v) is 4.06. The van der Waals surface area contributed by atoms with E-state index < -0.39 is 12.0 Å².